The van der Waals surface area contributed by atoms with Gasteiger partial charge in [0, 0.05) is 18.7 Å². The first-order valence-electron chi connectivity index (χ1n) is 6.75. The number of carboxylic acids is 1. The third-order valence-corrected chi connectivity index (χ3v) is 5.38. The molecule has 118 valence electrons. The van der Waals surface area contributed by atoms with Crippen molar-refractivity contribution in [2.24, 2.45) is 5.92 Å². The molecule has 8 heteroatoms. The predicted octanol–water partition coefficient (Wildman–Crippen LogP) is 0.905. The van der Waals surface area contributed by atoms with Crippen molar-refractivity contribution in [3.8, 4) is 0 Å². The number of furan rings is 1. The number of likely N-dealkylation sites (tertiary alicyclic amines) is 1. The molecule has 0 aliphatic carbocycles. The van der Waals surface area contributed by atoms with Gasteiger partial charge in [0.2, 0.25) is 15.8 Å². The summed E-state index contributed by atoms with van der Waals surface area (Å²) in [5, 5.41) is 8.87. The second-order valence-corrected chi connectivity index (χ2v) is 7.27. The first-order valence-corrected chi connectivity index (χ1v) is 8.23. The summed E-state index contributed by atoms with van der Waals surface area (Å²) >= 11 is 0. The van der Waals surface area contributed by atoms with E-state index in [0.29, 0.717) is 0 Å². The van der Waals surface area contributed by atoms with Gasteiger partial charge in [0.25, 0.3) is 0 Å². The molecule has 0 aromatic carbocycles. The zero-order valence-corrected chi connectivity index (χ0v) is 13.1. The largest absolute Gasteiger partial charge is 0.475 e. The van der Waals surface area contributed by atoms with Crippen LogP contribution >= 0.6 is 0 Å². The van der Waals surface area contributed by atoms with Crippen LogP contribution in [0.25, 0.3) is 0 Å². The number of hydrogen-bond acceptors (Lipinski definition) is 5. The van der Waals surface area contributed by atoms with Crippen molar-refractivity contribution in [2.75, 3.05) is 20.1 Å². The molecule has 1 aromatic rings. The van der Waals surface area contributed by atoms with E-state index in [1.807, 2.05) is 14.0 Å². The summed E-state index contributed by atoms with van der Waals surface area (Å²) in [7, 11) is -1.78. The van der Waals surface area contributed by atoms with Gasteiger partial charge in [0.1, 0.15) is 10.7 Å². The minimum Gasteiger partial charge on any atom is -0.475 e. The average molecular weight is 316 g/mol. The van der Waals surface area contributed by atoms with Crippen LogP contribution in [0.5, 0.6) is 0 Å². The Morgan fingerprint density at radius 3 is 2.71 bits per heavy atom. The van der Waals surface area contributed by atoms with Crippen molar-refractivity contribution >= 4 is 16.0 Å². The maximum Gasteiger partial charge on any atom is 0.371 e. The molecule has 0 saturated carbocycles. The Balaban J connectivity index is 2.20. The SMILES string of the molecule is Cc1oc(C(=O)O)cc1S(=O)(=O)NC1CCN(C)CC1C. The van der Waals surface area contributed by atoms with Gasteiger partial charge in [-0.15, -0.1) is 0 Å². The zero-order chi connectivity index (χ0) is 15.8. The van der Waals surface area contributed by atoms with E-state index < -0.39 is 16.0 Å². The maximum atomic E-state index is 12.4. The molecule has 1 aliphatic rings. The van der Waals surface area contributed by atoms with Crippen molar-refractivity contribution in [3.63, 3.8) is 0 Å². The fourth-order valence-electron chi connectivity index (χ4n) is 2.63. The Labute approximate surface area is 124 Å². The quantitative estimate of drug-likeness (QED) is 0.856. The van der Waals surface area contributed by atoms with Gasteiger partial charge in [-0.2, -0.15) is 0 Å². The number of rotatable bonds is 4. The Hall–Kier alpha value is -1.38. The third kappa shape index (κ3) is 3.45. The van der Waals surface area contributed by atoms with Crippen LogP contribution in [-0.2, 0) is 10.0 Å². The van der Waals surface area contributed by atoms with Crippen LogP contribution in [0.1, 0.15) is 29.7 Å². The number of carbonyl (C=O) groups is 1. The Bertz CT molecular complexity index is 637. The topological polar surface area (TPSA) is 99.8 Å². The fourth-order valence-corrected chi connectivity index (χ4v) is 4.19. The molecular weight excluding hydrogens is 296 g/mol. The molecule has 2 rings (SSSR count). The molecule has 0 radical (unpaired) electrons. The van der Waals surface area contributed by atoms with E-state index >= 15 is 0 Å². The van der Waals surface area contributed by atoms with E-state index in [-0.39, 0.29) is 28.4 Å². The van der Waals surface area contributed by atoms with Crippen molar-refractivity contribution in [1.29, 1.82) is 0 Å². The average Bonchev–Trinajstić information content (AvgIpc) is 2.76. The van der Waals surface area contributed by atoms with Crippen molar-refractivity contribution < 1.29 is 22.7 Å². The Kier molecular flexibility index (Phi) is 4.40. The number of piperidine rings is 1. The first kappa shape index (κ1) is 16.0. The second kappa shape index (κ2) is 5.78. The molecule has 1 saturated heterocycles. The van der Waals surface area contributed by atoms with Crippen LogP contribution in [0.4, 0.5) is 0 Å². The summed E-state index contributed by atoms with van der Waals surface area (Å²) in [5.41, 5.74) is 0. The number of hydrogen-bond donors (Lipinski definition) is 2. The monoisotopic (exact) mass is 316 g/mol. The summed E-state index contributed by atoms with van der Waals surface area (Å²) in [5.74, 6) is -1.39. The molecule has 2 unspecified atom stereocenters. The van der Waals surface area contributed by atoms with Gasteiger partial charge in [-0.05, 0) is 32.9 Å². The lowest BCUT2D eigenvalue weighted by molar-refractivity contribution is 0.0661. The highest BCUT2D eigenvalue weighted by Gasteiger charge is 2.31. The molecule has 21 heavy (non-hydrogen) atoms. The molecule has 1 fully saturated rings. The standard InChI is InChI=1S/C13H20N2O5S/c1-8-7-15(3)5-4-10(8)14-21(18,19)12-6-11(13(16)17)20-9(12)2/h6,8,10,14H,4-5,7H2,1-3H3,(H,16,17). The molecule has 1 aromatic heterocycles. The summed E-state index contributed by atoms with van der Waals surface area (Å²) in [4.78, 5) is 12.9. The number of carboxylic acid groups (broad SMARTS) is 1. The first-order chi connectivity index (χ1) is 9.70. The van der Waals surface area contributed by atoms with Gasteiger partial charge in [-0.3, -0.25) is 0 Å². The Morgan fingerprint density at radius 2 is 2.19 bits per heavy atom. The van der Waals surface area contributed by atoms with E-state index in [2.05, 4.69) is 9.62 Å². The van der Waals surface area contributed by atoms with Crippen LogP contribution in [0.2, 0.25) is 0 Å². The number of aryl methyl sites for hydroxylation is 1. The Morgan fingerprint density at radius 1 is 1.52 bits per heavy atom. The van der Waals surface area contributed by atoms with Gasteiger partial charge < -0.3 is 14.4 Å². The van der Waals surface area contributed by atoms with E-state index in [0.717, 1.165) is 25.6 Å². The van der Waals surface area contributed by atoms with E-state index in [1.54, 1.807) is 0 Å². The number of sulfonamides is 1. The van der Waals surface area contributed by atoms with Crippen LogP contribution in [0.3, 0.4) is 0 Å². The number of aromatic carboxylic acids is 1. The summed E-state index contributed by atoms with van der Waals surface area (Å²) in [6.45, 7) is 5.08. The van der Waals surface area contributed by atoms with Crippen LogP contribution in [-0.4, -0.2) is 50.6 Å². The van der Waals surface area contributed by atoms with Gasteiger partial charge >= 0.3 is 5.97 Å². The minimum atomic E-state index is -3.78. The fraction of sp³-hybridized carbons (Fsp3) is 0.615. The third-order valence-electron chi connectivity index (χ3n) is 3.79. The lowest BCUT2D eigenvalue weighted by atomic mass is 9.95. The number of nitrogens with one attached hydrogen (secondary N) is 1. The smallest absolute Gasteiger partial charge is 0.371 e. The second-order valence-electron chi connectivity index (χ2n) is 5.59. The van der Waals surface area contributed by atoms with Crippen molar-refractivity contribution in [1.82, 2.24) is 9.62 Å². The summed E-state index contributed by atoms with van der Waals surface area (Å²) < 4.78 is 32.4. The molecule has 7 nitrogen and oxygen atoms in total. The highest BCUT2D eigenvalue weighted by molar-refractivity contribution is 7.89. The maximum absolute atomic E-state index is 12.4. The van der Waals surface area contributed by atoms with Crippen LogP contribution in [0, 0.1) is 12.8 Å². The molecule has 2 N–H and O–H groups in total. The van der Waals surface area contributed by atoms with Crippen molar-refractivity contribution in [3.05, 3.63) is 17.6 Å². The van der Waals surface area contributed by atoms with Crippen LogP contribution in [0.15, 0.2) is 15.4 Å². The lowest BCUT2D eigenvalue weighted by Gasteiger charge is -2.34. The van der Waals surface area contributed by atoms with Gasteiger partial charge in [0.15, 0.2) is 0 Å². The molecular formula is C13H20N2O5S. The molecule has 2 atom stereocenters. The van der Waals surface area contributed by atoms with Gasteiger partial charge in [-0.1, -0.05) is 6.92 Å². The van der Waals surface area contributed by atoms with Gasteiger partial charge in [-0.25, -0.2) is 17.9 Å². The lowest BCUT2D eigenvalue weighted by Crippen LogP contribution is -2.48. The molecule has 0 amide bonds. The minimum absolute atomic E-state index is 0.0838. The molecule has 0 bridgehead atoms. The van der Waals surface area contributed by atoms with Crippen molar-refractivity contribution in [2.45, 2.75) is 31.2 Å². The zero-order valence-electron chi connectivity index (χ0n) is 12.3. The highest BCUT2D eigenvalue weighted by atomic mass is 32.2. The molecule has 1 aliphatic heterocycles. The molecule has 0 spiro atoms. The van der Waals surface area contributed by atoms with E-state index in [4.69, 9.17) is 9.52 Å². The summed E-state index contributed by atoms with van der Waals surface area (Å²) in [6.07, 6.45) is 0.722. The van der Waals surface area contributed by atoms with Crippen LogP contribution < -0.4 is 4.72 Å². The summed E-state index contributed by atoms with van der Waals surface area (Å²) in [6, 6.07) is 0.897. The normalized spacial score (nSPS) is 24.1. The van der Waals surface area contributed by atoms with E-state index in [1.165, 1.54) is 6.92 Å². The highest BCUT2D eigenvalue weighted by Crippen LogP contribution is 2.23. The predicted molar refractivity (Wildman–Crippen MR) is 75.8 cm³/mol. The van der Waals surface area contributed by atoms with E-state index in [9.17, 15) is 13.2 Å². The number of nitrogens with zero attached hydrogens (tertiary/aromatic N) is 1. The van der Waals surface area contributed by atoms with Gasteiger partial charge in [0.05, 0.1) is 0 Å². The molecule has 2 heterocycles.